The van der Waals surface area contributed by atoms with Crippen LogP contribution in [0.4, 0.5) is 11.4 Å². The highest BCUT2D eigenvalue weighted by Crippen LogP contribution is 2.52. The Morgan fingerprint density at radius 2 is 1.91 bits per heavy atom. The van der Waals surface area contributed by atoms with E-state index in [1.54, 1.807) is 12.1 Å². The quantitative estimate of drug-likeness (QED) is 0.449. The van der Waals surface area contributed by atoms with E-state index in [0.29, 0.717) is 11.8 Å². The van der Waals surface area contributed by atoms with Crippen molar-refractivity contribution >= 4 is 27.3 Å². The van der Waals surface area contributed by atoms with E-state index in [2.05, 4.69) is 39.5 Å². The van der Waals surface area contributed by atoms with Crippen molar-refractivity contribution in [2.24, 2.45) is 5.92 Å². The van der Waals surface area contributed by atoms with Gasteiger partial charge in [0, 0.05) is 16.5 Å². The number of para-hydroxylation sites is 2. The molecule has 0 saturated heterocycles. The van der Waals surface area contributed by atoms with Crippen molar-refractivity contribution in [1.82, 2.24) is 0 Å². The van der Waals surface area contributed by atoms with Crippen molar-refractivity contribution in [2.45, 2.75) is 18.4 Å². The number of hydrogen-bond donors (Lipinski definition) is 1. The maximum atomic E-state index is 11.4. The molecule has 0 unspecified atom stereocenters. The fourth-order valence-corrected chi connectivity index (χ4v) is 4.30. The summed E-state index contributed by atoms with van der Waals surface area (Å²) >= 11 is 3.61. The molecule has 0 saturated carbocycles. The first-order valence-corrected chi connectivity index (χ1v) is 8.41. The van der Waals surface area contributed by atoms with Gasteiger partial charge < -0.3 is 5.32 Å². The van der Waals surface area contributed by atoms with Gasteiger partial charge in [0.15, 0.2) is 0 Å². The third-order valence-corrected chi connectivity index (χ3v) is 5.48. The third kappa shape index (κ3) is 2.27. The zero-order valence-electron chi connectivity index (χ0n) is 12.3. The van der Waals surface area contributed by atoms with E-state index in [-0.39, 0.29) is 16.7 Å². The topological polar surface area (TPSA) is 55.2 Å². The van der Waals surface area contributed by atoms with Gasteiger partial charge in [-0.2, -0.15) is 0 Å². The van der Waals surface area contributed by atoms with Crippen LogP contribution in [0.5, 0.6) is 0 Å². The lowest BCUT2D eigenvalue weighted by Crippen LogP contribution is -2.29. The van der Waals surface area contributed by atoms with Gasteiger partial charge in [-0.3, -0.25) is 10.1 Å². The minimum atomic E-state index is -0.288. The summed E-state index contributed by atoms with van der Waals surface area (Å²) in [5, 5.41) is 15.0. The molecule has 4 nitrogen and oxygen atoms in total. The molecule has 0 spiro atoms. The normalized spacial score (nSPS) is 24.7. The summed E-state index contributed by atoms with van der Waals surface area (Å²) < 4.78 is 0.998. The molecule has 0 radical (unpaired) electrons. The van der Waals surface area contributed by atoms with Crippen molar-refractivity contribution < 1.29 is 4.92 Å². The van der Waals surface area contributed by atoms with Crippen LogP contribution in [0.15, 0.2) is 59.1 Å². The van der Waals surface area contributed by atoms with Gasteiger partial charge >= 0.3 is 0 Å². The van der Waals surface area contributed by atoms with Crippen LogP contribution in [0.1, 0.15) is 29.5 Å². The van der Waals surface area contributed by atoms with Gasteiger partial charge in [0.25, 0.3) is 5.69 Å². The molecule has 4 rings (SSSR count). The molecule has 0 fully saturated rings. The molecule has 3 atom stereocenters. The van der Waals surface area contributed by atoms with E-state index < -0.39 is 0 Å². The van der Waals surface area contributed by atoms with Gasteiger partial charge in [0.05, 0.1) is 22.2 Å². The first kappa shape index (κ1) is 14.5. The minimum absolute atomic E-state index is 0.0669. The summed E-state index contributed by atoms with van der Waals surface area (Å²) in [6.07, 6.45) is 5.35. The van der Waals surface area contributed by atoms with Gasteiger partial charge in [-0.05, 0) is 39.9 Å². The smallest absolute Gasteiger partial charge is 0.274 e. The van der Waals surface area contributed by atoms with Gasteiger partial charge in [0.2, 0.25) is 0 Å². The Balaban J connectivity index is 1.86. The molecule has 2 aromatic carbocycles. The van der Waals surface area contributed by atoms with E-state index in [1.807, 2.05) is 24.3 Å². The second-order valence-electron chi connectivity index (χ2n) is 6.00. The predicted molar refractivity (Wildman–Crippen MR) is 93.6 cm³/mol. The van der Waals surface area contributed by atoms with E-state index >= 15 is 0 Å². The lowest BCUT2D eigenvalue weighted by atomic mass is 9.77. The van der Waals surface area contributed by atoms with Gasteiger partial charge in [-0.15, -0.1) is 0 Å². The molecule has 1 heterocycles. The van der Waals surface area contributed by atoms with Gasteiger partial charge in [0.1, 0.15) is 0 Å². The number of anilines is 1. The average Bonchev–Trinajstić information content (AvgIpc) is 3.04. The zero-order chi connectivity index (χ0) is 16.0. The Bertz CT molecular complexity index is 818. The van der Waals surface area contributed by atoms with E-state index in [9.17, 15) is 10.1 Å². The number of halogens is 1. The van der Waals surface area contributed by atoms with Crippen molar-refractivity contribution in [3.8, 4) is 0 Å². The fraction of sp³-hybridized carbons (Fsp3) is 0.222. The first-order chi connectivity index (χ1) is 11.2. The minimum Gasteiger partial charge on any atom is -0.376 e. The molecule has 2 aliphatic rings. The van der Waals surface area contributed by atoms with E-state index in [0.717, 1.165) is 22.1 Å². The van der Waals surface area contributed by atoms with Crippen molar-refractivity contribution in [2.75, 3.05) is 5.32 Å². The zero-order valence-corrected chi connectivity index (χ0v) is 13.9. The molecule has 0 aromatic heterocycles. The maximum absolute atomic E-state index is 11.4. The number of benzene rings is 2. The van der Waals surface area contributed by atoms with Crippen LogP contribution in [-0.2, 0) is 0 Å². The van der Waals surface area contributed by atoms with Crippen LogP contribution >= 0.6 is 15.9 Å². The van der Waals surface area contributed by atoms with Crippen LogP contribution in [0, 0.1) is 16.0 Å². The third-order valence-electron chi connectivity index (χ3n) is 4.81. The molecule has 5 heteroatoms. The number of nitro benzene ring substituents is 1. The Morgan fingerprint density at radius 1 is 1.13 bits per heavy atom. The highest BCUT2D eigenvalue weighted by Gasteiger charge is 2.40. The molecule has 1 N–H and O–H groups in total. The molecular formula is C18H15BrN2O2. The number of nitro groups is 1. The van der Waals surface area contributed by atoms with Crippen LogP contribution in [0.25, 0.3) is 0 Å². The van der Waals surface area contributed by atoms with Crippen molar-refractivity contribution in [3.63, 3.8) is 0 Å². The molecule has 2 aromatic rings. The van der Waals surface area contributed by atoms with Crippen LogP contribution in [-0.4, -0.2) is 4.92 Å². The highest BCUT2D eigenvalue weighted by molar-refractivity contribution is 9.10. The highest BCUT2D eigenvalue weighted by atomic mass is 79.9. The first-order valence-electron chi connectivity index (χ1n) is 7.61. The molecule has 0 amide bonds. The second-order valence-corrected chi connectivity index (χ2v) is 6.85. The van der Waals surface area contributed by atoms with Crippen molar-refractivity contribution in [1.29, 1.82) is 0 Å². The number of allylic oxidation sites excluding steroid dienone is 2. The summed E-state index contributed by atoms with van der Waals surface area (Å²) in [6.45, 7) is 0. The summed E-state index contributed by atoms with van der Waals surface area (Å²) in [5.74, 6) is 0.603. The summed E-state index contributed by atoms with van der Waals surface area (Å²) in [5.41, 5.74) is 3.25. The van der Waals surface area contributed by atoms with Crippen molar-refractivity contribution in [3.05, 3.63) is 80.3 Å². The van der Waals surface area contributed by atoms with Crippen LogP contribution < -0.4 is 5.32 Å². The largest absolute Gasteiger partial charge is 0.376 e. The standard InChI is InChI=1S/C18H15BrN2O2/c19-15-9-4-8-13-11-6-3-7-12(11)17(20-18(13)15)14-5-1-2-10-16(14)21(22)23/h1-6,8-12,17,20H,7H2/t11-,12-,17-/m1/s1. The number of nitrogens with one attached hydrogen (secondary N) is 1. The summed E-state index contributed by atoms with van der Waals surface area (Å²) in [6, 6.07) is 13.2. The Hall–Kier alpha value is -2.14. The van der Waals surface area contributed by atoms with E-state index in [4.69, 9.17) is 0 Å². The lowest BCUT2D eigenvalue weighted by molar-refractivity contribution is -0.385. The molecule has 0 bridgehead atoms. The van der Waals surface area contributed by atoms with Crippen LogP contribution in [0.3, 0.4) is 0 Å². The SMILES string of the molecule is O=[N+]([O-])c1ccccc1[C@@H]1Nc2c(Br)cccc2[C@@H]2C=CC[C@H]21. The fourth-order valence-electron chi connectivity index (χ4n) is 3.81. The summed E-state index contributed by atoms with van der Waals surface area (Å²) in [7, 11) is 0. The Kier molecular flexibility index (Phi) is 3.45. The molecule has 1 aliphatic carbocycles. The maximum Gasteiger partial charge on any atom is 0.274 e. The number of hydrogen-bond acceptors (Lipinski definition) is 3. The molecular weight excluding hydrogens is 356 g/mol. The number of nitrogens with zero attached hydrogens (tertiary/aromatic N) is 1. The molecule has 1 aliphatic heterocycles. The number of fused-ring (bicyclic) bond motifs is 3. The Labute approximate surface area is 142 Å². The monoisotopic (exact) mass is 370 g/mol. The second kappa shape index (κ2) is 5.49. The predicted octanol–water partition coefficient (Wildman–Crippen LogP) is 5.18. The summed E-state index contributed by atoms with van der Waals surface area (Å²) in [4.78, 5) is 11.1. The van der Waals surface area contributed by atoms with Gasteiger partial charge in [-0.25, -0.2) is 0 Å². The van der Waals surface area contributed by atoms with E-state index in [1.165, 1.54) is 5.56 Å². The lowest BCUT2D eigenvalue weighted by Gasteiger charge is -2.37. The number of rotatable bonds is 2. The molecule has 116 valence electrons. The average molecular weight is 371 g/mol. The molecule has 23 heavy (non-hydrogen) atoms. The Morgan fingerprint density at radius 3 is 2.74 bits per heavy atom. The van der Waals surface area contributed by atoms with Crippen LogP contribution in [0.2, 0.25) is 0 Å². The van der Waals surface area contributed by atoms with Gasteiger partial charge in [-0.1, -0.05) is 42.5 Å².